The Balaban J connectivity index is 1.71. The Morgan fingerprint density at radius 1 is 1.33 bits per heavy atom. The number of ether oxygens (including phenoxy) is 1. The molecule has 24 heavy (non-hydrogen) atoms. The van der Waals surface area contributed by atoms with E-state index in [9.17, 15) is 4.79 Å². The number of thiazole rings is 1. The SMILES string of the molecule is COc1ccccc1NC(=O)[C@H](C)Sc1nc2cc(Cl)ccc2s1. The average molecular weight is 379 g/mol. The zero-order valence-electron chi connectivity index (χ0n) is 13.1. The first-order valence-corrected chi connectivity index (χ1v) is 9.31. The lowest BCUT2D eigenvalue weighted by Crippen LogP contribution is -2.22. The molecule has 1 amide bonds. The summed E-state index contributed by atoms with van der Waals surface area (Å²) >= 11 is 8.97. The summed E-state index contributed by atoms with van der Waals surface area (Å²) < 4.78 is 7.15. The number of para-hydroxylation sites is 2. The summed E-state index contributed by atoms with van der Waals surface area (Å²) in [5.41, 5.74) is 1.51. The third-order valence-corrected chi connectivity index (χ3v) is 5.81. The van der Waals surface area contributed by atoms with E-state index in [4.69, 9.17) is 16.3 Å². The number of benzene rings is 2. The lowest BCUT2D eigenvalue weighted by atomic mass is 10.3. The highest BCUT2D eigenvalue weighted by Gasteiger charge is 2.18. The Morgan fingerprint density at radius 3 is 2.92 bits per heavy atom. The molecule has 0 saturated carbocycles. The maximum absolute atomic E-state index is 12.4. The molecule has 2 aromatic carbocycles. The normalized spacial score (nSPS) is 12.1. The number of halogens is 1. The largest absolute Gasteiger partial charge is 0.495 e. The molecule has 0 aliphatic rings. The predicted molar refractivity (Wildman–Crippen MR) is 102 cm³/mol. The van der Waals surface area contributed by atoms with Crippen molar-refractivity contribution >= 4 is 56.5 Å². The van der Waals surface area contributed by atoms with E-state index in [1.165, 1.54) is 11.8 Å². The number of carbonyl (C=O) groups excluding carboxylic acids is 1. The molecule has 0 spiro atoms. The number of hydrogen-bond donors (Lipinski definition) is 1. The molecule has 1 atom stereocenters. The molecule has 0 fully saturated rings. The Morgan fingerprint density at radius 2 is 2.12 bits per heavy atom. The molecule has 0 aliphatic heterocycles. The van der Waals surface area contributed by atoms with Crippen molar-refractivity contribution in [2.24, 2.45) is 0 Å². The van der Waals surface area contributed by atoms with E-state index in [1.807, 2.05) is 49.4 Å². The highest BCUT2D eigenvalue weighted by atomic mass is 35.5. The number of nitrogens with zero attached hydrogens (tertiary/aromatic N) is 1. The van der Waals surface area contributed by atoms with E-state index in [0.717, 1.165) is 14.6 Å². The molecule has 0 saturated heterocycles. The number of anilines is 1. The fourth-order valence-electron chi connectivity index (χ4n) is 2.12. The van der Waals surface area contributed by atoms with Gasteiger partial charge in [0.05, 0.1) is 28.3 Å². The molecule has 0 bridgehead atoms. The van der Waals surface area contributed by atoms with Gasteiger partial charge in [0.25, 0.3) is 0 Å². The van der Waals surface area contributed by atoms with Gasteiger partial charge in [-0.05, 0) is 37.3 Å². The molecular formula is C17H15ClN2O2S2. The van der Waals surface area contributed by atoms with E-state index in [-0.39, 0.29) is 11.2 Å². The summed E-state index contributed by atoms with van der Waals surface area (Å²) in [7, 11) is 1.58. The van der Waals surface area contributed by atoms with Crippen molar-refractivity contribution in [1.82, 2.24) is 4.98 Å². The molecule has 1 N–H and O–H groups in total. The summed E-state index contributed by atoms with van der Waals surface area (Å²) in [5, 5.41) is 3.27. The molecular weight excluding hydrogens is 364 g/mol. The number of fused-ring (bicyclic) bond motifs is 1. The maximum atomic E-state index is 12.4. The van der Waals surface area contributed by atoms with E-state index >= 15 is 0 Å². The number of aromatic nitrogens is 1. The van der Waals surface area contributed by atoms with Crippen molar-refractivity contribution in [3.8, 4) is 5.75 Å². The standard InChI is InChI=1S/C17H15ClN2O2S2/c1-10(16(21)19-12-5-3-4-6-14(12)22-2)23-17-20-13-9-11(18)7-8-15(13)24-17/h3-10H,1-2H3,(H,19,21)/t10-/m0/s1. The average Bonchev–Trinajstić information content (AvgIpc) is 2.96. The Bertz CT molecular complexity index is 882. The van der Waals surface area contributed by atoms with Gasteiger partial charge in [-0.25, -0.2) is 4.98 Å². The number of carbonyl (C=O) groups is 1. The molecule has 0 aliphatic carbocycles. The topological polar surface area (TPSA) is 51.2 Å². The summed E-state index contributed by atoms with van der Waals surface area (Å²) in [5.74, 6) is 0.541. The quantitative estimate of drug-likeness (QED) is 0.629. The molecule has 3 aromatic rings. The summed E-state index contributed by atoms with van der Waals surface area (Å²) in [6.07, 6.45) is 0. The minimum atomic E-state index is -0.286. The van der Waals surface area contributed by atoms with Crippen molar-refractivity contribution in [3.05, 3.63) is 47.5 Å². The fraction of sp³-hybridized carbons (Fsp3) is 0.176. The third kappa shape index (κ3) is 3.83. The Hall–Kier alpha value is -1.76. The smallest absolute Gasteiger partial charge is 0.237 e. The molecule has 1 aromatic heterocycles. The van der Waals surface area contributed by atoms with E-state index in [0.29, 0.717) is 16.5 Å². The third-order valence-electron chi connectivity index (χ3n) is 3.34. The van der Waals surface area contributed by atoms with Gasteiger partial charge in [0.1, 0.15) is 5.75 Å². The second kappa shape index (κ2) is 7.42. The number of thioether (sulfide) groups is 1. The van der Waals surface area contributed by atoms with Gasteiger partial charge >= 0.3 is 0 Å². The molecule has 7 heteroatoms. The fourth-order valence-corrected chi connectivity index (χ4v) is 4.47. The lowest BCUT2D eigenvalue weighted by Gasteiger charge is -2.13. The van der Waals surface area contributed by atoms with Crippen LogP contribution in [0.25, 0.3) is 10.2 Å². The number of hydrogen-bond acceptors (Lipinski definition) is 5. The second-order valence-electron chi connectivity index (χ2n) is 5.04. The first-order chi connectivity index (χ1) is 11.6. The van der Waals surface area contributed by atoms with Crippen molar-refractivity contribution < 1.29 is 9.53 Å². The number of rotatable bonds is 5. The van der Waals surface area contributed by atoms with E-state index < -0.39 is 0 Å². The predicted octanol–water partition coefficient (Wildman–Crippen LogP) is 5.08. The molecule has 0 unspecified atom stereocenters. The van der Waals surface area contributed by atoms with Crippen LogP contribution in [0.1, 0.15) is 6.92 Å². The van der Waals surface area contributed by atoms with Gasteiger partial charge in [0.15, 0.2) is 4.34 Å². The molecule has 0 radical (unpaired) electrons. The van der Waals surface area contributed by atoms with Gasteiger partial charge in [-0.3, -0.25) is 4.79 Å². The van der Waals surface area contributed by atoms with Gasteiger partial charge in [-0.2, -0.15) is 0 Å². The van der Waals surface area contributed by atoms with Crippen LogP contribution in [0.15, 0.2) is 46.8 Å². The van der Waals surface area contributed by atoms with E-state index in [2.05, 4.69) is 10.3 Å². The summed E-state index contributed by atoms with van der Waals surface area (Å²) in [6, 6.07) is 13.0. The highest BCUT2D eigenvalue weighted by Crippen LogP contribution is 2.34. The first kappa shape index (κ1) is 17.1. The first-order valence-electron chi connectivity index (χ1n) is 7.23. The van der Waals surface area contributed by atoms with Gasteiger partial charge in [-0.1, -0.05) is 35.5 Å². The maximum Gasteiger partial charge on any atom is 0.237 e. The van der Waals surface area contributed by atoms with Crippen LogP contribution in [0.4, 0.5) is 5.69 Å². The Labute approximate surface area is 153 Å². The van der Waals surface area contributed by atoms with Gasteiger partial charge in [0.2, 0.25) is 5.91 Å². The zero-order valence-corrected chi connectivity index (χ0v) is 15.5. The van der Waals surface area contributed by atoms with Crippen LogP contribution in [-0.2, 0) is 4.79 Å². The molecule has 4 nitrogen and oxygen atoms in total. The minimum absolute atomic E-state index is 0.0956. The van der Waals surface area contributed by atoms with E-state index in [1.54, 1.807) is 18.4 Å². The van der Waals surface area contributed by atoms with Crippen molar-refractivity contribution in [3.63, 3.8) is 0 Å². The van der Waals surface area contributed by atoms with Crippen LogP contribution in [0.2, 0.25) is 5.02 Å². The van der Waals surface area contributed by atoms with Gasteiger partial charge < -0.3 is 10.1 Å². The van der Waals surface area contributed by atoms with Crippen LogP contribution in [0.3, 0.4) is 0 Å². The highest BCUT2D eigenvalue weighted by molar-refractivity contribution is 8.02. The Kier molecular flexibility index (Phi) is 5.28. The number of nitrogens with one attached hydrogen (secondary N) is 1. The van der Waals surface area contributed by atoms with Crippen molar-refractivity contribution in [2.75, 3.05) is 12.4 Å². The van der Waals surface area contributed by atoms with Gasteiger partial charge in [-0.15, -0.1) is 11.3 Å². The number of amides is 1. The zero-order chi connectivity index (χ0) is 17.1. The molecule has 1 heterocycles. The summed E-state index contributed by atoms with van der Waals surface area (Å²) in [6.45, 7) is 1.86. The minimum Gasteiger partial charge on any atom is -0.495 e. The van der Waals surface area contributed by atoms with Crippen LogP contribution in [0.5, 0.6) is 5.75 Å². The van der Waals surface area contributed by atoms with Crippen LogP contribution in [0, 0.1) is 0 Å². The second-order valence-corrected chi connectivity index (χ2v) is 8.10. The van der Waals surface area contributed by atoms with Gasteiger partial charge in [0, 0.05) is 5.02 Å². The van der Waals surface area contributed by atoms with Crippen molar-refractivity contribution in [2.45, 2.75) is 16.5 Å². The van der Waals surface area contributed by atoms with Crippen LogP contribution in [-0.4, -0.2) is 23.3 Å². The van der Waals surface area contributed by atoms with Crippen molar-refractivity contribution in [1.29, 1.82) is 0 Å². The molecule has 124 valence electrons. The number of methoxy groups -OCH3 is 1. The van der Waals surface area contributed by atoms with Crippen LogP contribution < -0.4 is 10.1 Å². The lowest BCUT2D eigenvalue weighted by molar-refractivity contribution is -0.115. The summed E-state index contributed by atoms with van der Waals surface area (Å²) in [4.78, 5) is 17.0. The molecule has 3 rings (SSSR count). The van der Waals surface area contributed by atoms with Crippen LogP contribution >= 0.6 is 34.7 Å². The monoisotopic (exact) mass is 378 g/mol.